The minimum Gasteiger partial charge on any atom is -0.380 e. The zero-order valence-corrected chi connectivity index (χ0v) is 10.8. The third-order valence-corrected chi connectivity index (χ3v) is 3.69. The van der Waals surface area contributed by atoms with Gasteiger partial charge >= 0.3 is 0 Å². The molecule has 0 bridgehead atoms. The van der Waals surface area contributed by atoms with Crippen LogP contribution >= 0.6 is 15.9 Å². The maximum absolute atomic E-state index is 14.2. The molecule has 1 aromatic rings. The third kappa shape index (κ3) is 2.01. The molecule has 1 fully saturated rings. The second-order valence-corrected chi connectivity index (χ2v) is 5.26. The number of benzene rings is 1. The molecule has 0 atom stereocenters. The lowest BCUT2D eigenvalue weighted by molar-refractivity contribution is 0.181. The largest absolute Gasteiger partial charge is 0.380 e. The van der Waals surface area contributed by atoms with Crippen LogP contribution in [0.25, 0.3) is 0 Å². The molecule has 2 rings (SSSR count). The van der Waals surface area contributed by atoms with Gasteiger partial charge in [-0.25, -0.2) is 4.39 Å². The Kier molecular flexibility index (Phi) is 3.33. The van der Waals surface area contributed by atoms with E-state index < -0.39 is 0 Å². The van der Waals surface area contributed by atoms with Gasteiger partial charge in [0.2, 0.25) is 0 Å². The summed E-state index contributed by atoms with van der Waals surface area (Å²) >= 11 is 3.40. The summed E-state index contributed by atoms with van der Waals surface area (Å²) in [6.07, 6.45) is 1.95. The van der Waals surface area contributed by atoms with Crippen LogP contribution in [-0.2, 0) is 16.8 Å². The minimum atomic E-state index is -0.159. The molecular weight excluding hydrogens is 273 g/mol. The summed E-state index contributed by atoms with van der Waals surface area (Å²) in [5, 5.41) is 0. The average Bonchev–Trinajstić information content (AvgIpc) is 3.04. The predicted octanol–water partition coefficient (Wildman–Crippen LogP) is 2.72. The van der Waals surface area contributed by atoms with Crippen molar-refractivity contribution in [1.82, 2.24) is 0 Å². The van der Waals surface area contributed by atoms with E-state index in [4.69, 9.17) is 10.5 Å². The van der Waals surface area contributed by atoms with Crippen LogP contribution in [0.4, 0.5) is 4.39 Å². The molecule has 0 saturated heterocycles. The highest BCUT2D eigenvalue weighted by Crippen LogP contribution is 2.49. The van der Waals surface area contributed by atoms with Crippen LogP contribution in [-0.4, -0.2) is 13.7 Å². The van der Waals surface area contributed by atoms with Gasteiger partial charge in [0, 0.05) is 29.1 Å². The van der Waals surface area contributed by atoms with Gasteiger partial charge in [0.1, 0.15) is 5.82 Å². The first-order chi connectivity index (χ1) is 7.63. The molecule has 1 aromatic carbocycles. The van der Waals surface area contributed by atoms with E-state index in [0.29, 0.717) is 18.7 Å². The highest BCUT2D eigenvalue weighted by Gasteiger charge is 2.45. The van der Waals surface area contributed by atoms with E-state index in [1.807, 2.05) is 6.07 Å². The summed E-state index contributed by atoms with van der Waals surface area (Å²) in [5.74, 6) is -0.159. The quantitative estimate of drug-likeness (QED) is 0.924. The van der Waals surface area contributed by atoms with Crippen molar-refractivity contribution in [3.8, 4) is 0 Å². The molecule has 0 amide bonds. The van der Waals surface area contributed by atoms with Crippen LogP contribution in [0.3, 0.4) is 0 Å². The maximum atomic E-state index is 14.2. The van der Waals surface area contributed by atoms with Gasteiger partial charge in [0.25, 0.3) is 0 Å². The SMILES string of the molecule is COCc1cc(Br)cc(C2(CN)CC2)c1F. The first-order valence-corrected chi connectivity index (χ1v) is 6.10. The van der Waals surface area contributed by atoms with Crippen LogP contribution in [0, 0.1) is 5.82 Å². The van der Waals surface area contributed by atoms with Gasteiger partial charge in [-0.1, -0.05) is 15.9 Å². The van der Waals surface area contributed by atoms with E-state index in [1.165, 1.54) is 0 Å². The Balaban J connectivity index is 2.45. The van der Waals surface area contributed by atoms with E-state index in [1.54, 1.807) is 13.2 Å². The lowest BCUT2D eigenvalue weighted by Crippen LogP contribution is -2.21. The Morgan fingerprint density at radius 3 is 2.69 bits per heavy atom. The zero-order valence-electron chi connectivity index (χ0n) is 9.22. The molecule has 2 nitrogen and oxygen atoms in total. The van der Waals surface area contributed by atoms with Crippen molar-refractivity contribution in [2.24, 2.45) is 5.73 Å². The predicted molar refractivity (Wildman–Crippen MR) is 64.8 cm³/mol. The van der Waals surface area contributed by atoms with Crippen molar-refractivity contribution in [3.05, 3.63) is 33.5 Å². The second kappa shape index (κ2) is 4.43. The van der Waals surface area contributed by atoms with Crippen molar-refractivity contribution in [2.45, 2.75) is 24.9 Å². The lowest BCUT2D eigenvalue weighted by atomic mass is 9.94. The van der Waals surface area contributed by atoms with Crippen molar-refractivity contribution in [3.63, 3.8) is 0 Å². The lowest BCUT2D eigenvalue weighted by Gasteiger charge is -2.16. The molecule has 0 aliphatic heterocycles. The number of hydrogen-bond donors (Lipinski definition) is 1. The molecule has 1 aliphatic rings. The number of rotatable bonds is 4. The number of ether oxygens (including phenoxy) is 1. The second-order valence-electron chi connectivity index (χ2n) is 4.34. The third-order valence-electron chi connectivity index (χ3n) is 3.23. The Morgan fingerprint density at radius 2 is 2.19 bits per heavy atom. The summed E-state index contributed by atoms with van der Waals surface area (Å²) in [4.78, 5) is 0. The molecule has 0 heterocycles. The number of methoxy groups -OCH3 is 1. The van der Waals surface area contributed by atoms with Crippen LogP contribution in [0.2, 0.25) is 0 Å². The maximum Gasteiger partial charge on any atom is 0.132 e. The molecule has 0 unspecified atom stereocenters. The molecular formula is C12H15BrFNO. The van der Waals surface area contributed by atoms with E-state index in [0.717, 1.165) is 22.9 Å². The van der Waals surface area contributed by atoms with Gasteiger partial charge in [-0.05, 0) is 30.5 Å². The summed E-state index contributed by atoms with van der Waals surface area (Å²) in [6.45, 7) is 0.797. The number of nitrogens with two attached hydrogens (primary N) is 1. The van der Waals surface area contributed by atoms with E-state index in [2.05, 4.69) is 15.9 Å². The van der Waals surface area contributed by atoms with Crippen LogP contribution in [0.1, 0.15) is 24.0 Å². The van der Waals surface area contributed by atoms with Gasteiger partial charge in [0.05, 0.1) is 6.61 Å². The molecule has 0 radical (unpaired) electrons. The van der Waals surface area contributed by atoms with Crippen LogP contribution in [0.15, 0.2) is 16.6 Å². The van der Waals surface area contributed by atoms with Crippen molar-refractivity contribution >= 4 is 15.9 Å². The Hall–Kier alpha value is -0.450. The van der Waals surface area contributed by atoms with Crippen molar-refractivity contribution in [2.75, 3.05) is 13.7 Å². The van der Waals surface area contributed by atoms with E-state index >= 15 is 0 Å². The molecule has 1 aliphatic carbocycles. The molecule has 0 spiro atoms. The van der Waals surface area contributed by atoms with Gasteiger partial charge < -0.3 is 10.5 Å². The highest BCUT2D eigenvalue weighted by atomic mass is 79.9. The fraction of sp³-hybridized carbons (Fsp3) is 0.500. The summed E-state index contributed by atoms with van der Waals surface area (Å²) in [6, 6.07) is 3.60. The monoisotopic (exact) mass is 287 g/mol. The molecule has 16 heavy (non-hydrogen) atoms. The van der Waals surface area contributed by atoms with Crippen LogP contribution in [0.5, 0.6) is 0 Å². The summed E-state index contributed by atoms with van der Waals surface area (Å²) < 4.78 is 20.1. The van der Waals surface area contributed by atoms with Crippen molar-refractivity contribution in [1.29, 1.82) is 0 Å². The number of hydrogen-bond acceptors (Lipinski definition) is 2. The Labute approximate surface area is 103 Å². The molecule has 88 valence electrons. The fourth-order valence-electron chi connectivity index (χ4n) is 2.03. The minimum absolute atomic E-state index is 0.129. The normalized spacial score (nSPS) is 17.5. The molecule has 4 heteroatoms. The van der Waals surface area contributed by atoms with Crippen LogP contribution < -0.4 is 5.73 Å². The first-order valence-electron chi connectivity index (χ1n) is 5.30. The number of halogens is 2. The molecule has 2 N–H and O–H groups in total. The average molecular weight is 288 g/mol. The van der Waals surface area contributed by atoms with Gasteiger partial charge in [0.15, 0.2) is 0 Å². The van der Waals surface area contributed by atoms with Gasteiger partial charge in [-0.3, -0.25) is 0 Å². The zero-order chi connectivity index (χ0) is 11.8. The smallest absolute Gasteiger partial charge is 0.132 e. The van der Waals surface area contributed by atoms with Gasteiger partial charge in [-0.2, -0.15) is 0 Å². The Bertz CT molecular complexity index is 404. The first kappa shape index (κ1) is 12.0. The standard InChI is InChI=1S/C12H15BrFNO/c1-16-6-8-4-9(13)5-10(11(8)14)12(7-15)2-3-12/h4-5H,2-3,6-7,15H2,1H3. The molecule has 1 saturated carbocycles. The Morgan fingerprint density at radius 1 is 1.50 bits per heavy atom. The summed E-state index contributed by atoms with van der Waals surface area (Å²) in [5.41, 5.74) is 6.92. The summed E-state index contributed by atoms with van der Waals surface area (Å²) in [7, 11) is 1.57. The van der Waals surface area contributed by atoms with E-state index in [-0.39, 0.29) is 11.2 Å². The fourth-order valence-corrected chi connectivity index (χ4v) is 2.53. The van der Waals surface area contributed by atoms with E-state index in [9.17, 15) is 4.39 Å². The van der Waals surface area contributed by atoms with Gasteiger partial charge in [-0.15, -0.1) is 0 Å². The topological polar surface area (TPSA) is 35.2 Å². The highest BCUT2D eigenvalue weighted by molar-refractivity contribution is 9.10. The van der Waals surface area contributed by atoms with Crippen molar-refractivity contribution < 1.29 is 9.13 Å². The molecule has 0 aromatic heterocycles.